The summed E-state index contributed by atoms with van der Waals surface area (Å²) < 4.78 is 5.14. The average molecular weight is 333 g/mol. The molecule has 0 bridgehead atoms. The molecule has 1 aromatic carbocycles. The molecule has 0 radical (unpaired) electrons. The summed E-state index contributed by atoms with van der Waals surface area (Å²) in [6, 6.07) is 5.59. The number of phenolic OH excluding ortho intramolecular Hbond substituents is 1. The van der Waals surface area contributed by atoms with Gasteiger partial charge in [-0.2, -0.15) is 0 Å². The molecule has 2 rings (SSSR count). The standard InChI is InChI=1S/C16H19N3O5/c1-2-15(22)19-9-5-6-11(19)16(23)18-17-14(21)10-24-13-8-4-3-7-12(13)20/h2-4,7-8,11,20H,1,5-6,9-10H2,(H,17,21)(H,18,23). The summed E-state index contributed by atoms with van der Waals surface area (Å²) in [6.07, 6.45) is 2.39. The van der Waals surface area contributed by atoms with Crippen LogP contribution in [0.3, 0.4) is 0 Å². The molecule has 0 saturated carbocycles. The first-order valence-electron chi connectivity index (χ1n) is 7.45. The monoisotopic (exact) mass is 333 g/mol. The van der Waals surface area contributed by atoms with Crippen molar-refractivity contribution in [1.29, 1.82) is 0 Å². The Kier molecular flexibility index (Phi) is 5.78. The summed E-state index contributed by atoms with van der Waals surface area (Å²) >= 11 is 0. The molecule has 1 heterocycles. The predicted molar refractivity (Wildman–Crippen MR) is 84.8 cm³/mol. The number of nitrogens with one attached hydrogen (secondary N) is 2. The van der Waals surface area contributed by atoms with Gasteiger partial charge in [0, 0.05) is 6.54 Å². The van der Waals surface area contributed by atoms with Crippen LogP contribution in [-0.4, -0.2) is 46.9 Å². The van der Waals surface area contributed by atoms with Crippen molar-refractivity contribution in [2.24, 2.45) is 0 Å². The minimum atomic E-state index is -0.630. The first-order chi connectivity index (χ1) is 11.5. The highest BCUT2D eigenvalue weighted by molar-refractivity contribution is 5.93. The van der Waals surface area contributed by atoms with Gasteiger partial charge in [-0.3, -0.25) is 25.2 Å². The molecule has 1 saturated heterocycles. The average Bonchev–Trinajstić information content (AvgIpc) is 3.08. The number of hydrogen-bond acceptors (Lipinski definition) is 5. The number of carbonyl (C=O) groups is 3. The Morgan fingerprint density at radius 2 is 2.08 bits per heavy atom. The van der Waals surface area contributed by atoms with Crippen LogP contribution in [0.2, 0.25) is 0 Å². The van der Waals surface area contributed by atoms with Crippen molar-refractivity contribution in [3.63, 3.8) is 0 Å². The SMILES string of the molecule is C=CC(=O)N1CCCC1C(=O)NNC(=O)COc1ccccc1O. The molecule has 24 heavy (non-hydrogen) atoms. The maximum absolute atomic E-state index is 12.1. The third kappa shape index (κ3) is 4.25. The summed E-state index contributed by atoms with van der Waals surface area (Å²) in [5.74, 6) is -1.30. The fourth-order valence-corrected chi connectivity index (χ4v) is 2.39. The topological polar surface area (TPSA) is 108 Å². The Morgan fingerprint density at radius 3 is 2.79 bits per heavy atom. The lowest BCUT2D eigenvalue weighted by Crippen LogP contribution is -2.52. The number of benzene rings is 1. The molecule has 128 valence electrons. The lowest BCUT2D eigenvalue weighted by molar-refractivity contribution is -0.137. The Hall–Kier alpha value is -3.03. The molecule has 0 aliphatic carbocycles. The van der Waals surface area contributed by atoms with Gasteiger partial charge in [-0.1, -0.05) is 18.7 Å². The zero-order valence-corrected chi connectivity index (χ0v) is 13.0. The molecule has 1 unspecified atom stereocenters. The van der Waals surface area contributed by atoms with Gasteiger partial charge in [0.05, 0.1) is 0 Å². The van der Waals surface area contributed by atoms with E-state index in [0.717, 1.165) is 6.08 Å². The fraction of sp³-hybridized carbons (Fsp3) is 0.312. The van der Waals surface area contributed by atoms with E-state index in [1.54, 1.807) is 12.1 Å². The summed E-state index contributed by atoms with van der Waals surface area (Å²) in [7, 11) is 0. The van der Waals surface area contributed by atoms with Crippen molar-refractivity contribution in [2.45, 2.75) is 18.9 Å². The van der Waals surface area contributed by atoms with Crippen LogP contribution in [0.5, 0.6) is 11.5 Å². The van der Waals surface area contributed by atoms with E-state index < -0.39 is 17.9 Å². The van der Waals surface area contributed by atoms with Crippen LogP contribution in [0.15, 0.2) is 36.9 Å². The molecule has 1 aromatic rings. The normalized spacial score (nSPS) is 16.3. The van der Waals surface area contributed by atoms with Crippen LogP contribution in [0.4, 0.5) is 0 Å². The summed E-state index contributed by atoms with van der Waals surface area (Å²) in [5, 5.41) is 9.52. The minimum absolute atomic E-state index is 0.0844. The lowest BCUT2D eigenvalue weighted by atomic mass is 10.2. The predicted octanol–water partition coefficient (Wildman–Crippen LogP) is 0.0954. The summed E-state index contributed by atoms with van der Waals surface area (Å²) in [4.78, 5) is 36.8. The van der Waals surface area contributed by atoms with Crippen LogP contribution in [0, 0.1) is 0 Å². The summed E-state index contributed by atoms with van der Waals surface area (Å²) in [6.45, 7) is 3.51. The Balaban J connectivity index is 1.79. The van der Waals surface area contributed by atoms with Crippen LogP contribution < -0.4 is 15.6 Å². The van der Waals surface area contributed by atoms with E-state index in [9.17, 15) is 19.5 Å². The zero-order valence-electron chi connectivity index (χ0n) is 13.0. The highest BCUT2D eigenvalue weighted by Gasteiger charge is 2.33. The number of para-hydroxylation sites is 2. The van der Waals surface area contributed by atoms with E-state index in [-0.39, 0.29) is 24.0 Å². The van der Waals surface area contributed by atoms with E-state index in [4.69, 9.17) is 4.74 Å². The Bertz CT molecular complexity index is 646. The van der Waals surface area contributed by atoms with Crippen molar-refractivity contribution < 1.29 is 24.2 Å². The van der Waals surface area contributed by atoms with E-state index in [2.05, 4.69) is 17.4 Å². The molecular weight excluding hydrogens is 314 g/mol. The van der Waals surface area contributed by atoms with Gasteiger partial charge < -0.3 is 14.7 Å². The van der Waals surface area contributed by atoms with Crippen LogP contribution in [0.1, 0.15) is 12.8 Å². The van der Waals surface area contributed by atoms with Crippen LogP contribution in [0.25, 0.3) is 0 Å². The number of aromatic hydroxyl groups is 1. The number of likely N-dealkylation sites (tertiary alicyclic amines) is 1. The highest BCUT2D eigenvalue weighted by Crippen LogP contribution is 2.24. The van der Waals surface area contributed by atoms with Crippen molar-refractivity contribution in [2.75, 3.05) is 13.2 Å². The highest BCUT2D eigenvalue weighted by atomic mass is 16.5. The van der Waals surface area contributed by atoms with E-state index in [1.165, 1.54) is 17.0 Å². The van der Waals surface area contributed by atoms with Gasteiger partial charge in [0.1, 0.15) is 6.04 Å². The maximum atomic E-state index is 12.1. The van der Waals surface area contributed by atoms with Crippen LogP contribution in [-0.2, 0) is 14.4 Å². The molecule has 3 amide bonds. The fourth-order valence-electron chi connectivity index (χ4n) is 2.39. The number of nitrogens with zero attached hydrogens (tertiary/aromatic N) is 1. The molecular formula is C16H19N3O5. The Morgan fingerprint density at radius 1 is 1.33 bits per heavy atom. The van der Waals surface area contributed by atoms with Gasteiger partial charge >= 0.3 is 0 Å². The molecule has 1 aliphatic heterocycles. The first-order valence-corrected chi connectivity index (χ1v) is 7.45. The number of carbonyl (C=O) groups excluding carboxylic acids is 3. The third-order valence-corrected chi connectivity index (χ3v) is 3.56. The number of hydrogen-bond donors (Lipinski definition) is 3. The largest absolute Gasteiger partial charge is 0.504 e. The molecule has 0 spiro atoms. The quantitative estimate of drug-likeness (QED) is 0.523. The number of hydrazine groups is 1. The first kappa shape index (κ1) is 17.3. The van der Waals surface area contributed by atoms with Crippen molar-refractivity contribution in [3.8, 4) is 11.5 Å². The van der Waals surface area contributed by atoms with Gasteiger partial charge in [-0.05, 0) is 31.1 Å². The summed E-state index contributed by atoms with van der Waals surface area (Å²) in [5.41, 5.74) is 4.49. The number of phenols is 1. The zero-order chi connectivity index (χ0) is 17.5. The second-order valence-corrected chi connectivity index (χ2v) is 5.19. The third-order valence-electron chi connectivity index (χ3n) is 3.56. The molecule has 8 nitrogen and oxygen atoms in total. The van der Waals surface area contributed by atoms with Gasteiger partial charge in [-0.15, -0.1) is 0 Å². The smallest absolute Gasteiger partial charge is 0.276 e. The Labute approximate surface area is 139 Å². The van der Waals surface area contributed by atoms with Gasteiger partial charge in [-0.25, -0.2) is 0 Å². The van der Waals surface area contributed by atoms with E-state index in [1.807, 2.05) is 0 Å². The lowest BCUT2D eigenvalue weighted by Gasteiger charge is -2.22. The molecule has 1 fully saturated rings. The minimum Gasteiger partial charge on any atom is -0.504 e. The molecule has 8 heteroatoms. The van der Waals surface area contributed by atoms with E-state index >= 15 is 0 Å². The van der Waals surface area contributed by atoms with Crippen molar-refractivity contribution in [3.05, 3.63) is 36.9 Å². The number of amides is 3. The second kappa shape index (κ2) is 8.00. The van der Waals surface area contributed by atoms with E-state index in [0.29, 0.717) is 19.4 Å². The number of rotatable bonds is 5. The number of ether oxygens (including phenoxy) is 1. The van der Waals surface area contributed by atoms with Crippen LogP contribution >= 0.6 is 0 Å². The maximum Gasteiger partial charge on any atom is 0.276 e. The van der Waals surface area contributed by atoms with Crippen molar-refractivity contribution >= 4 is 17.7 Å². The van der Waals surface area contributed by atoms with Crippen molar-refractivity contribution in [1.82, 2.24) is 15.8 Å². The molecule has 1 atom stereocenters. The van der Waals surface area contributed by atoms with Gasteiger partial charge in [0.25, 0.3) is 11.8 Å². The second-order valence-electron chi connectivity index (χ2n) is 5.19. The molecule has 1 aliphatic rings. The molecule has 0 aromatic heterocycles. The molecule has 3 N–H and O–H groups in total. The van der Waals surface area contributed by atoms with Gasteiger partial charge in [0.2, 0.25) is 5.91 Å². The van der Waals surface area contributed by atoms with Gasteiger partial charge in [0.15, 0.2) is 18.1 Å².